The first kappa shape index (κ1) is 23.4. The fraction of sp³-hybridized carbons (Fsp3) is 0.0833. The van der Waals surface area contributed by atoms with Crippen molar-refractivity contribution in [2.24, 2.45) is 0 Å². The predicted molar refractivity (Wildman–Crippen MR) is 100 cm³/mol. The minimum atomic E-state index is 0. The molecule has 0 aromatic heterocycles. The molecule has 3 rings (SSSR count). The summed E-state index contributed by atoms with van der Waals surface area (Å²) >= 11 is 0. The summed E-state index contributed by atoms with van der Waals surface area (Å²) in [5.41, 5.74) is 6.55. The molecule has 0 heterocycles. The summed E-state index contributed by atoms with van der Waals surface area (Å²) in [6.07, 6.45) is 10.4. The van der Waals surface area contributed by atoms with Crippen molar-refractivity contribution in [3.05, 3.63) is 118 Å². The van der Waals surface area contributed by atoms with E-state index in [1.165, 1.54) is 11.1 Å². The minimum absolute atomic E-state index is 0. The van der Waals surface area contributed by atoms with E-state index in [0.29, 0.717) is 0 Å². The molecule has 26 heavy (non-hydrogen) atoms. The van der Waals surface area contributed by atoms with Gasteiger partial charge in [-0.05, 0) is 13.8 Å². The van der Waals surface area contributed by atoms with Crippen LogP contribution in [0.2, 0.25) is 0 Å². The SMILES string of the molecule is Cc1ccc([C-]=Cc2[c-]cc(C=[C-]c3ccc(C)cc3)[c-]c2)cc1.[Y].[Y]. The smallest absolute Gasteiger partial charge is 0 e. The molecule has 0 bridgehead atoms. The van der Waals surface area contributed by atoms with Crippen LogP contribution in [0.4, 0.5) is 0 Å². The third kappa shape index (κ3) is 7.53. The summed E-state index contributed by atoms with van der Waals surface area (Å²) in [6, 6.07) is 26.9. The van der Waals surface area contributed by atoms with E-state index in [2.05, 4.69) is 86.7 Å². The molecular formula is C24H18Y2-4. The van der Waals surface area contributed by atoms with Crippen molar-refractivity contribution in [2.45, 2.75) is 13.8 Å². The first-order valence-electron chi connectivity index (χ1n) is 7.95. The summed E-state index contributed by atoms with van der Waals surface area (Å²) in [4.78, 5) is 0. The van der Waals surface area contributed by atoms with Crippen molar-refractivity contribution in [2.75, 3.05) is 0 Å². The van der Waals surface area contributed by atoms with Gasteiger partial charge in [-0.2, -0.15) is 23.3 Å². The zero-order chi connectivity index (χ0) is 16.8. The Morgan fingerprint density at radius 2 is 0.962 bits per heavy atom. The molecule has 0 atom stereocenters. The Balaban J connectivity index is 0.00000169. The van der Waals surface area contributed by atoms with Gasteiger partial charge in [0.1, 0.15) is 0 Å². The quantitative estimate of drug-likeness (QED) is 0.333. The standard InChI is InChI=1S/C24H18.2Y/c1-19-3-7-21(8-4-19)11-13-23-15-17-24(18-16-23)14-12-22-9-5-20(2)6-10-22;;/h3-10,13-15,18H,1-2H3;;/q-4;;. The van der Waals surface area contributed by atoms with Crippen LogP contribution in [0.3, 0.4) is 0 Å². The van der Waals surface area contributed by atoms with Gasteiger partial charge in [-0.25, -0.2) is 47.5 Å². The maximum atomic E-state index is 3.27. The summed E-state index contributed by atoms with van der Waals surface area (Å²) in [5, 5.41) is 0. The van der Waals surface area contributed by atoms with Gasteiger partial charge in [-0.3, -0.25) is 0 Å². The average molecular weight is 484 g/mol. The van der Waals surface area contributed by atoms with Crippen molar-refractivity contribution in [1.82, 2.24) is 0 Å². The molecule has 0 fully saturated rings. The molecule has 0 aliphatic carbocycles. The van der Waals surface area contributed by atoms with E-state index in [1.54, 1.807) is 0 Å². The Morgan fingerprint density at radius 3 is 1.27 bits per heavy atom. The second kappa shape index (κ2) is 11.9. The third-order valence-electron chi connectivity index (χ3n) is 3.68. The summed E-state index contributed by atoms with van der Waals surface area (Å²) in [5.74, 6) is 0. The number of hydrogen-bond donors (Lipinski definition) is 0. The number of benzene rings is 3. The molecule has 0 N–H and O–H groups in total. The second-order valence-electron chi connectivity index (χ2n) is 5.80. The monoisotopic (exact) mass is 484 g/mol. The zero-order valence-corrected chi connectivity index (χ0v) is 20.8. The molecule has 3 aromatic carbocycles. The van der Waals surface area contributed by atoms with Crippen molar-refractivity contribution in [3.8, 4) is 0 Å². The van der Waals surface area contributed by atoms with Crippen molar-refractivity contribution >= 4 is 12.2 Å². The number of hydrogen-bond acceptors (Lipinski definition) is 0. The first-order valence-corrected chi connectivity index (χ1v) is 7.95. The molecule has 0 amide bonds. The molecule has 0 aliphatic heterocycles. The maximum absolute atomic E-state index is 3.27. The van der Waals surface area contributed by atoms with E-state index < -0.39 is 0 Å². The maximum Gasteiger partial charge on any atom is 0 e. The molecule has 0 aliphatic rings. The van der Waals surface area contributed by atoms with Crippen LogP contribution in [0.5, 0.6) is 0 Å². The Kier molecular flexibility index (Phi) is 10.7. The fourth-order valence-corrected chi connectivity index (χ4v) is 2.19. The Morgan fingerprint density at radius 1 is 0.615 bits per heavy atom. The number of rotatable bonds is 4. The Labute approximate surface area is 207 Å². The fourth-order valence-electron chi connectivity index (χ4n) is 2.19. The minimum Gasteiger partial charge on any atom is -0.246 e. The van der Waals surface area contributed by atoms with E-state index in [4.69, 9.17) is 0 Å². The van der Waals surface area contributed by atoms with Crippen LogP contribution in [-0.4, -0.2) is 0 Å². The molecule has 0 nitrogen and oxygen atoms in total. The van der Waals surface area contributed by atoms with E-state index >= 15 is 0 Å². The van der Waals surface area contributed by atoms with Crippen LogP contribution in [0.25, 0.3) is 12.2 Å². The van der Waals surface area contributed by atoms with Gasteiger partial charge in [0.25, 0.3) is 0 Å². The Hall–Kier alpha value is -0.652. The Bertz CT molecular complexity index is 766. The summed E-state index contributed by atoms with van der Waals surface area (Å²) in [6.45, 7) is 4.16. The van der Waals surface area contributed by atoms with E-state index in [9.17, 15) is 0 Å². The van der Waals surface area contributed by atoms with Crippen LogP contribution in [-0.2, 0) is 65.4 Å². The predicted octanol–water partition coefficient (Wildman–Crippen LogP) is 5.63. The van der Waals surface area contributed by atoms with Gasteiger partial charge in [0.15, 0.2) is 0 Å². The molecule has 2 heteroatoms. The van der Waals surface area contributed by atoms with Gasteiger partial charge in [-0.1, -0.05) is 11.1 Å². The van der Waals surface area contributed by atoms with Gasteiger partial charge in [0.05, 0.1) is 0 Å². The molecule has 2 radical (unpaired) electrons. The topological polar surface area (TPSA) is 0 Å². The van der Waals surface area contributed by atoms with Gasteiger partial charge in [0.2, 0.25) is 0 Å². The normalized spacial score (nSPS) is 10.5. The summed E-state index contributed by atoms with van der Waals surface area (Å²) < 4.78 is 0. The molecule has 0 saturated carbocycles. The molecule has 3 aromatic rings. The van der Waals surface area contributed by atoms with Crippen LogP contribution < -0.4 is 0 Å². The molecule has 0 unspecified atom stereocenters. The largest absolute Gasteiger partial charge is 0.246 e. The second-order valence-corrected chi connectivity index (χ2v) is 5.80. The first-order chi connectivity index (χ1) is 11.7. The van der Waals surface area contributed by atoms with Gasteiger partial charge in [0, 0.05) is 65.4 Å². The van der Waals surface area contributed by atoms with Gasteiger partial charge >= 0.3 is 0 Å². The average Bonchev–Trinajstić information content (AvgIpc) is 2.62. The zero-order valence-electron chi connectivity index (χ0n) is 15.1. The van der Waals surface area contributed by atoms with E-state index in [1.807, 2.05) is 24.3 Å². The van der Waals surface area contributed by atoms with Crippen LogP contribution in [0.1, 0.15) is 33.4 Å². The van der Waals surface area contributed by atoms with Crippen molar-refractivity contribution in [3.63, 3.8) is 0 Å². The van der Waals surface area contributed by atoms with Crippen LogP contribution in [0.15, 0.2) is 60.7 Å². The van der Waals surface area contributed by atoms with Crippen molar-refractivity contribution in [1.29, 1.82) is 0 Å². The molecular weight excluding hydrogens is 466 g/mol. The number of aryl methyl sites for hydroxylation is 2. The molecule has 0 saturated heterocycles. The molecule has 124 valence electrons. The third-order valence-corrected chi connectivity index (χ3v) is 3.68. The van der Waals surface area contributed by atoms with Crippen molar-refractivity contribution < 1.29 is 65.4 Å². The van der Waals surface area contributed by atoms with E-state index in [-0.39, 0.29) is 65.4 Å². The summed E-state index contributed by atoms with van der Waals surface area (Å²) in [7, 11) is 0. The molecule has 0 spiro atoms. The van der Waals surface area contributed by atoms with Crippen LogP contribution >= 0.6 is 0 Å². The van der Waals surface area contributed by atoms with Crippen LogP contribution in [0, 0.1) is 38.1 Å². The van der Waals surface area contributed by atoms with Gasteiger partial charge in [-0.15, -0.1) is 48.5 Å². The van der Waals surface area contributed by atoms with Gasteiger partial charge < -0.3 is 0 Å². The van der Waals surface area contributed by atoms with E-state index in [0.717, 1.165) is 22.3 Å².